The molecule has 0 spiro atoms. The highest BCUT2D eigenvalue weighted by Crippen LogP contribution is 2.21. The Morgan fingerprint density at radius 1 is 1.26 bits per heavy atom. The number of H-pyrrole nitrogens is 1. The molecule has 158 valence electrons. The van der Waals surface area contributed by atoms with Gasteiger partial charge in [0, 0.05) is 35.9 Å². The average Bonchev–Trinajstić information content (AvgIpc) is 3.38. The van der Waals surface area contributed by atoms with Gasteiger partial charge in [0.15, 0.2) is 17.3 Å². The Kier molecular flexibility index (Phi) is 5.48. The summed E-state index contributed by atoms with van der Waals surface area (Å²) in [5.74, 6) is -0.119. The molecule has 4 aromatic rings. The monoisotopic (exact) mass is 422 g/mol. The maximum Gasteiger partial charge on any atom is 0.330 e. The van der Waals surface area contributed by atoms with Gasteiger partial charge in [0.05, 0.1) is 12.8 Å². The molecule has 0 unspecified atom stereocenters. The zero-order valence-electron chi connectivity index (χ0n) is 16.9. The molecule has 0 aliphatic rings. The van der Waals surface area contributed by atoms with Crippen molar-refractivity contribution in [1.82, 2.24) is 19.7 Å². The van der Waals surface area contributed by atoms with E-state index in [-0.39, 0.29) is 41.5 Å². The van der Waals surface area contributed by atoms with E-state index in [1.54, 1.807) is 30.5 Å². The Bertz CT molecular complexity index is 1300. The first-order chi connectivity index (χ1) is 15.0. The van der Waals surface area contributed by atoms with Gasteiger partial charge in [-0.2, -0.15) is 4.98 Å². The number of benzene rings is 2. The van der Waals surface area contributed by atoms with Crippen LogP contribution in [0.5, 0.6) is 5.75 Å². The van der Waals surface area contributed by atoms with E-state index in [4.69, 9.17) is 9.26 Å². The minimum absolute atomic E-state index is 0.0809. The largest absolute Gasteiger partial charge is 0.494 e. The van der Waals surface area contributed by atoms with Crippen LogP contribution in [0.2, 0.25) is 0 Å². The summed E-state index contributed by atoms with van der Waals surface area (Å²) in [5, 5.41) is 3.97. The minimum Gasteiger partial charge on any atom is -0.494 e. The lowest BCUT2D eigenvalue weighted by atomic mass is 10.1. The zero-order valence-corrected chi connectivity index (χ0v) is 16.9. The number of hydrogen-bond acceptors (Lipinski definition) is 6. The van der Waals surface area contributed by atoms with E-state index in [2.05, 4.69) is 15.1 Å². The molecule has 2 aromatic carbocycles. The maximum absolute atomic E-state index is 13.8. The Morgan fingerprint density at radius 2 is 2.10 bits per heavy atom. The first kappa shape index (κ1) is 20.3. The maximum atomic E-state index is 13.8. The van der Waals surface area contributed by atoms with Crippen molar-refractivity contribution in [2.45, 2.75) is 19.8 Å². The van der Waals surface area contributed by atoms with Crippen LogP contribution in [0.3, 0.4) is 0 Å². The molecule has 31 heavy (non-hydrogen) atoms. The summed E-state index contributed by atoms with van der Waals surface area (Å²) < 4.78 is 25.5. The standard InChI is InChI=1S/C22H19FN4O4/c1-13-12-24-22(29)27(13)16-5-3-4-15(10-16)21-25-20(31-26-21)9-7-18(28)14-6-8-19(30-2)17(23)11-14/h3-6,8,10-12H,7,9H2,1-2H3,(H,24,29). The Hall–Kier alpha value is -4.01. The number of ketones is 1. The van der Waals surface area contributed by atoms with Crippen LogP contribution in [0, 0.1) is 12.7 Å². The third-order valence-electron chi connectivity index (χ3n) is 4.83. The van der Waals surface area contributed by atoms with Crippen LogP contribution in [0.15, 0.2) is 58.0 Å². The molecule has 0 amide bonds. The molecule has 0 atom stereocenters. The number of aryl methyl sites for hydroxylation is 2. The third-order valence-corrected chi connectivity index (χ3v) is 4.83. The fourth-order valence-electron chi connectivity index (χ4n) is 3.24. The molecule has 2 aromatic heterocycles. The number of carbonyl (C=O) groups is 1. The molecule has 1 N–H and O–H groups in total. The number of imidazole rings is 1. The van der Waals surface area contributed by atoms with Crippen molar-refractivity contribution in [3.8, 4) is 22.8 Å². The van der Waals surface area contributed by atoms with Crippen LogP contribution < -0.4 is 10.4 Å². The smallest absolute Gasteiger partial charge is 0.330 e. The summed E-state index contributed by atoms with van der Waals surface area (Å²) in [5.41, 5.74) is 2.12. The fraction of sp³-hybridized carbons (Fsp3) is 0.182. The summed E-state index contributed by atoms with van der Waals surface area (Å²) in [4.78, 5) is 31.3. The highest BCUT2D eigenvalue weighted by Gasteiger charge is 2.15. The molecule has 0 fully saturated rings. The van der Waals surface area contributed by atoms with E-state index in [9.17, 15) is 14.0 Å². The van der Waals surface area contributed by atoms with Gasteiger partial charge in [-0.1, -0.05) is 17.3 Å². The number of Topliss-reactive ketones (excluding diaryl/α,β-unsaturated/α-hetero) is 1. The Labute approximate surface area is 176 Å². The Balaban J connectivity index is 1.48. The molecule has 0 saturated heterocycles. The van der Waals surface area contributed by atoms with Crippen LogP contribution >= 0.6 is 0 Å². The number of halogens is 1. The van der Waals surface area contributed by atoms with Gasteiger partial charge in [-0.05, 0) is 37.3 Å². The molecule has 0 bridgehead atoms. The topological polar surface area (TPSA) is 103 Å². The summed E-state index contributed by atoms with van der Waals surface area (Å²) in [6.07, 6.45) is 1.94. The van der Waals surface area contributed by atoms with Crippen molar-refractivity contribution in [2.75, 3.05) is 7.11 Å². The van der Waals surface area contributed by atoms with Gasteiger partial charge >= 0.3 is 5.69 Å². The minimum atomic E-state index is -0.593. The van der Waals surface area contributed by atoms with Gasteiger partial charge < -0.3 is 14.2 Å². The SMILES string of the molecule is COc1ccc(C(=O)CCc2nc(-c3cccc(-n4c(C)c[nH]c4=O)c3)no2)cc1F. The quantitative estimate of drug-likeness (QED) is 0.458. The van der Waals surface area contributed by atoms with Crippen LogP contribution in [-0.4, -0.2) is 32.6 Å². The van der Waals surface area contributed by atoms with Gasteiger partial charge in [0.2, 0.25) is 11.7 Å². The molecule has 9 heteroatoms. The highest BCUT2D eigenvalue weighted by molar-refractivity contribution is 5.96. The van der Waals surface area contributed by atoms with Gasteiger partial charge in [-0.3, -0.25) is 9.36 Å². The number of nitrogens with zero attached hydrogens (tertiary/aromatic N) is 3. The second-order valence-electron chi connectivity index (χ2n) is 6.91. The number of aromatic amines is 1. The van der Waals surface area contributed by atoms with Gasteiger partial charge in [-0.25, -0.2) is 9.18 Å². The van der Waals surface area contributed by atoms with Gasteiger partial charge in [0.25, 0.3) is 0 Å². The Morgan fingerprint density at radius 3 is 2.81 bits per heavy atom. The van der Waals surface area contributed by atoms with Crippen molar-refractivity contribution in [3.63, 3.8) is 0 Å². The van der Waals surface area contributed by atoms with E-state index < -0.39 is 5.82 Å². The number of hydrogen-bond donors (Lipinski definition) is 1. The predicted octanol–water partition coefficient (Wildman–Crippen LogP) is 3.49. The first-order valence-corrected chi connectivity index (χ1v) is 9.53. The van der Waals surface area contributed by atoms with E-state index in [0.29, 0.717) is 17.1 Å². The molecule has 0 aliphatic heterocycles. The second-order valence-corrected chi connectivity index (χ2v) is 6.91. The van der Waals surface area contributed by atoms with Gasteiger partial charge in [0.1, 0.15) is 0 Å². The summed E-state index contributed by atoms with van der Waals surface area (Å²) in [7, 11) is 1.36. The van der Waals surface area contributed by atoms with Crippen LogP contribution in [0.1, 0.15) is 28.4 Å². The second kappa shape index (κ2) is 8.39. The first-order valence-electron chi connectivity index (χ1n) is 9.53. The molecular weight excluding hydrogens is 403 g/mol. The lowest BCUT2D eigenvalue weighted by Crippen LogP contribution is -2.15. The zero-order chi connectivity index (χ0) is 22.0. The van der Waals surface area contributed by atoms with Crippen molar-refractivity contribution in [1.29, 1.82) is 0 Å². The number of ether oxygens (including phenoxy) is 1. The molecule has 0 aliphatic carbocycles. The lowest BCUT2D eigenvalue weighted by molar-refractivity contribution is 0.0979. The normalized spacial score (nSPS) is 10.9. The average molecular weight is 422 g/mol. The molecular formula is C22H19FN4O4. The van der Waals surface area contributed by atoms with Crippen LogP contribution in [0.25, 0.3) is 17.1 Å². The predicted molar refractivity (Wildman–Crippen MR) is 110 cm³/mol. The van der Waals surface area contributed by atoms with Crippen LogP contribution in [-0.2, 0) is 6.42 Å². The van der Waals surface area contributed by atoms with E-state index in [1.165, 1.54) is 23.8 Å². The molecule has 0 saturated carbocycles. The van der Waals surface area contributed by atoms with E-state index in [1.807, 2.05) is 6.92 Å². The lowest BCUT2D eigenvalue weighted by Gasteiger charge is -2.05. The fourth-order valence-corrected chi connectivity index (χ4v) is 3.24. The number of carbonyl (C=O) groups excluding carboxylic acids is 1. The van der Waals surface area contributed by atoms with Crippen molar-refractivity contribution >= 4 is 5.78 Å². The summed E-state index contributed by atoms with van der Waals surface area (Å²) in [6, 6.07) is 11.3. The summed E-state index contributed by atoms with van der Waals surface area (Å²) >= 11 is 0. The van der Waals surface area contributed by atoms with Crippen LogP contribution in [0.4, 0.5) is 4.39 Å². The number of nitrogens with one attached hydrogen (secondary N) is 1. The summed E-state index contributed by atoms with van der Waals surface area (Å²) in [6.45, 7) is 1.82. The third kappa shape index (κ3) is 4.16. The highest BCUT2D eigenvalue weighted by atomic mass is 19.1. The number of methoxy groups -OCH3 is 1. The van der Waals surface area contributed by atoms with Crippen molar-refractivity contribution in [2.24, 2.45) is 0 Å². The number of aromatic nitrogens is 4. The molecule has 4 rings (SSSR count). The van der Waals surface area contributed by atoms with Crippen molar-refractivity contribution < 1.29 is 18.4 Å². The number of rotatable bonds is 7. The molecule has 8 nitrogen and oxygen atoms in total. The molecule has 2 heterocycles. The molecule has 0 radical (unpaired) electrons. The van der Waals surface area contributed by atoms with E-state index >= 15 is 0 Å². The van der Waals surface area contributed by atoms with E-state index in [0.717, 1.165) is 11.8 Å². The van der Waals surface area contributed by atoms with Gasteiger partial charge in [-0.15, -0.1) is 0 Å². The van der Waals surface area contributed by atoms with Crippen molar-refractivity contribution in [3.05, 3.63) is 82.1 Å².